The van der Waals surface area contributed by atoms with Gasteiger partial charge in [0.2, 0.25) is 5.76 Å². The average molecular weight is 370 g/mol. The number of para-hydroxylation sites is 1. The summed E-state index contributed by atoms with van der Waals surface area (Å²) in [5.41, 5.74) is 1.40. The van der Waals surface area contributed by atoms with Crippen LogP contribution in [0.4, 0.5) is 0 Å². The number of carbonyl (C=O) groups is 1. The molecule has 0 bridgehead atoms. The van der Waals surface area contributed by atoms with Gasteiger partial charge in [-0.25, -0.2) is 0 Å². The van der Waals surface area contributed by atoms with Crippen molar-refractivity contribution < 1.29 is 13.9 Å². The average Bonchev–Trinajstić information content (AvgIpc) is 2.93. The second-order valence-corrected chi connectivity index (χ2v) is 6.55. The lowest BCUT2D eigenvalue weighted by Crippen LogP contribution is -2.32. The zero-order valence-electron chi connectivity index (χ0n) is 14.1. The van der Waals surface area contributed by atoms with E-state index in [1.165, 1.54) is 0 Å². The Labute approximate surface area is 154 Å². The smallest absolute Gasteiger partial charge is 0.290 e. The lowest BCUT2D eigenvalue weighted by Gasteiger charge is -2.24. The molecule has 0 unspecified atom stereocenters. The first kappa shape index (κ1) is 16.8. The van der Waals surface area contributed by atoms with Crippen molar-refractivity contribution in [3.8, 4) is 0 Å². The number of hydrogen-bond donors (Lipinski definition) is 0. The highest BCUT2D eigenvalue weighted by Crippen LogP contribution is 2.38. The highest BCUT2D eigenvalue weighted by Gasteiger charge is 2.42. The molecule has 26 heavy (non-hydrogen) atoms. The van der Waals surface area contributed by atoms with Gasteiger partial charge < -0.3 is 14.1 Å². The SMILES string of the molecule is COCCN1C(=O)c2oc3ccccc3c(=O)c2[C@H]1c1ccc(Cl)cc1. The van der Waals surface area contributed by atoms with Crippen LogP contribution in [0.5, 0.6) is 0 Å². The van der Waals surface area contributed by atoms with Crippen molar-refractivity contribution in [3.63, 3.8) is 0 Å². The van der Waals surface area contributed by atoms with Gasteiger partial charge in [0.25, 0.3) is 5.91 Å². The van der Waals surface area contributed by atoms with Crippen molar-refractivity contribution in [1.29, 1.82) is 0 Å². The van der Waals surface area contributed by atoms with Crippen LogP contribution in [0.3, 0.4) is 0 Å². The number of fused-ring (bicyclic) bond motifs is 2. The summed E-state index contributed by atoms with van der Waals surface area (Å²) in [6, 6.07) is 13.6. The van der Waals surface area contributed by atoms with Crippen molar-refractivity contribution >= 4 is 28.5 Å². The number of rotatable bonds is 4. The van der Waals surface area contributed by atoms with E-state index >= 15 is 0 Å². The number of carbonyl (C=O) groups excluding carboxylic acids is 1. The topological polar surface area (TPSA) is 59.8 Å². The summed E-state index contributed by atoms with van der Waals surface area (Å²) in [6.07, 6.45) is 0. The van der Waals surface area contributed by atoms with Crippen LogP contribution >= 0.6 is 11.6 Å². The molecule has 0 radical (unpaired) electrons. The molecule has 1 aliphatic heterocycles. The van der Waals surface area contributed by atoms with Crippen molar-refractivity contribution in [2.24, 2.45) is 0 Å². The van der Waals surface area contributed by atoms with Crippen molar-refractivity contribution in [3.05, 3.63) is 80.7 Å². The standard InChI is InChI=1S/C20H16ClNO4/c1-25-11-10-22-17(12-6-8-13(21)9-7-12)16-18(23)14-4-2-3-5-15(14)26-19(16)20(22)24/h2-9,17H,10-11H2,1H3/t17-/m1/s1. The third-order valence-electron chi connectivity index (χ3n) is 4.60. The molecule has 1 atom stereocenters. The van der Waals surface area contributed by atoms with E-state index in [9.17, 15) is 9.59 Å². The van der Waals surface area contributed by atoms with Gasteiger partial charge >= 0.3 is 0 Å². The Morgan fingerprint density at radius 1 is 1.12 bits per heavy atom. The van der Waals surface area contributed by atoms with E-state index < -0.39 is 6.04 Å². The molecule has 6 heteroatoms. The molecular formula is C20H16ClNO4. The summed E-state index contributed by atoms with van der Waals surface area (Å²) in [7, 11) is 1.57. The molecule has 3 aromatic rings. The van der Waals surface area contributed by atoms with Crippen molar-refractivity contribution in [2.75, 3.05) is 20.3 Å². The zero-order valence-corrected chi connectivity index (χ0v) is 14.8. The third kappa shape index (κ3) is 2.60. The van der Waals surface area contributed by atoms with Crippen LogP contribution in [-0.4, -0.2) is 31.1 Å². The predicted molar refractivity (Wildman–Crippen MR) is 98.7 cm³/mol. The first-order valence-electron chi connectivity index (χ1n) is 8.23. The number of methoxy groups -OCH3 is 1. The summed E-state index contributed by atoms with van der Waals surface area (Å²) >= 11 is 6.00. The second kappa shape index (κ2) is 6.59. The summed E-state index contributed by atoms with van der Waals surface area (Å²) in [6.45, 7) is 0.708. The molecule has 0 saturated heterocycles. The largest absolute Gasteiger partial charge is 0.450 e. The van der Waals surface area contributed by atoms with Crippen LogP contribution in [0.25, 0.3) is 11.0 Å². The Morgan fingerprint density at radius 2 is 1.85 bits per heavy atom. The fourth-order valence-electron chi connectivity index (χ4n) is 3.38. The molecule has 0 spiro atoms. The molecule has 4 rings (SSSR count). The van der Waals surface area contributed by atoms with Gasteiger partial charge in [-0.2, -0.15) is 0 Å². The molecule has 2 aromatic carbocycles. The molecule has 5 nitrogen and oxygen atoms in total. The van der Waals surface area contributed by atoms with Crippen LogP contribution in [0.1, 0.15) is 27.7 Å². The van der Waals surface area contributed by atoms with Crippen molar-refractivity contribution in [1.82, 2.24) is 4.90 Å². The van der Waals surface area contributed by atoms with Crippen LogP contribution in [0.15, 0.2) is 57.7 Å². The summed E-state index contributed by atoms with van der Waals surface area (Å²) in [4.78, 5) is 27.7. The number of benzene rings is 2. The van der Waals surface area contributed by atoms with E-state index in [-0.39, 0.29) is 17.1 Å². The molecule has 1 aromatic heterocycles. The van der Waals surface area contributed by atoms with Crippen LogP contribution in [0.2, 0.25) is 5.02 Å². The number of halogens is 1. The van der Waals surface area contributed by atoms with Gasteiger partial charge in [-0.05, 0) is 29.8 Å². The number of amides is 1. The molecular weight excluding hydrogens is 354 g/mol. The predicted octanol–water partition coefficient (Wildman–Crippen LogP) is 3.64. The quantitative estimate of drug-likeness (QED) is 0.704. The Kier molecular flexibility index (Phi) is 4.26. The lowest BCUT2D eigenvalue weighted by molar-refractivity contribution is 0.0663. The molecule has 1 aliphatic rings. The minimum atomic E-state index is -0.522. The van der Waals surface area contributed by atoms with E-state index in [0.717, 1.165) is 5.56 Å². The van der Waals surface area contributed by atoms with E-state index in [4.69, 9.17) is 20.8 Å². The minimum Gasteiger partial charge on any atom is -0.450 e. The summed E-state index contributed by atoms with van der Waals surface area (Å²) in [5.74, 6) is -0.204. The number of nitrogens with zero attached hydrogens (tertiary/aromatic N) is 1. The minimum absolute atomic E-state index is 0.102. The Balaban J connectivity index is 1.96. The van der Waals surface area contributed by atoms with Crippen molar-refractivity contribution in [2.45, 2.75) is 6.04 Å². The first-order valence-corrected chi connectivity index (χ1v) is 8.60. The third-order valence-corrected chi connectivity index (χ3v) is 4.85. The van der Waals surface area contributed by atoms with E-state index in [1.807, 2.05) is 12.1 Å². The zero-order chi connectivity index (χ0) is 18.3. The second-order valence-electron chi connectivity index (χ2n) is 6.12. The first-order chi connectivity index (χ1) is 12.6. The molecule has 0 N–H and O–H groups in total. The lowest BCUT2D eigenvalue weighted by atomic mass is 9.98. The summed E-state index contributed by atoms with van der Waals surface area (Å²) < 4.78 is 11.0. The number of hydrogen-bond acceptors (Lipinski definition) is 4. The fraction of sp³-hybridized carbons (Fsp3) is 0.200. The van der Waals surface area contributed by atoms with Gasteiger partial charge in [-0.15, -0.1) is 0 Å². The molecule has 0 fully saturated rings. The highest BCUT2D eigenvalue weighted by atomic mass is 35.5. The summed E-state index contributed by atoms with van der Waals surface area (Å²) in [5, 5.41) is 1.05. The van der Waals surface area contributed by atoms with Gasteiger partial charge in [-0.1, -0.05) is 35.9 Å². The van der Waals surface area contributed by atoms with E-state index in [0.29, 0.717) is 34.7 Å². The van der Waals surface area contributed by atoms with Crippen LogP contribution < -0.4 is 5.43 Å². The normalized spacial score (nSPS) is 16.3. The Hall–Kier alpha value is -2.63. The molecule has 132 valence electrons. The molecule has 0 aliphatic carbocycles. The van der Waals surface area contributed by atoms with Gasteiger partial charge in [-0.3, -0.25) is 9.59 Å². The van der Waals surface area contributed by atoms with Gasteiger partial charge in [0.15, 0.2) is 5.43 Å². The monoisotopic (exact) mass is 369 g/mol. The Morgan fingerprint density at radius 3 is 2.58 bits per heavy atom. The Bertz CT molecular complexity index is 1040. The molecule has 0 saturated carbocycles. The maximum Gasteiger partial charge on any atom is 0.290 e. The fourth-order valence-corrected chi connectivity index (χ4v) is 3.51. The molecule has 1 amide bonds. The van der Waals surface area contributed by atoms with Crippen LogP contribution in [0, 0.1) is 0 Å². The van der Waals surface area contributed by atoms with E-state index in [1.54, 1.807) is 48.4 Å². The highest BCUT2D eigenvalue weighted by molar-refractivity contribution is 6.30. The maximum absolute atomic E-state index is 13.1. The van der Waals surface area contributed by atoms with Gasteiger partial charge in [0.05, 0.1) is 23.6 Å². The van der Waals surface area contributed by atoms with Crippen LogP contribution in [-0.2, 0) is 4.74 Å². The molecule has 2 heterocycles. The maximum atomic E-state index is 13.1. The number of ether oxygens (including phenoxy) is 1. The van der Waals surface area contributed by atoms with Gasteiger partial charge in [0, 0.05) is 18.7 Å². The van der Waals surface area contributed by atoms with Gasteiger partial charge in [0.1, 0.15) is 5.58 Å². The van der Waals surface area contributed by atoms with E-state index in [2.05, 4.69) is 0 Å².